The van der Waals surface area contributed by atoms with Crippen molar-refractivity contribution >= 4 is 29.3 Å². The summed E-state index contributed by atoms with van der Waals surface area (Å²) in [6.45, 7) is 4.25. The van der Waals surface area contributed by atoms with E-state index >= 15 is 0 Å². The molecule has 0 aliphatic rings. The van der Waals surface area contributed by atoms with Crippen LogP contribution in [-0.2, 0) is 21.9 Å². The number of hydrogen-bond donors (Lipinski definition) is 1. The number of amides is 2. The molecule has 7 nitrogen and oxygen atoms in total. The molecule has 1 atom stereocenters. The Hall–Kier alpha value is -2.87. The van der Waals surface area contributed by atoms with Crippen molar-refractivity contribution in [2.24, 2.45) is 0 Å². The molecule has 0 heterocycles. The molecule has 0 bridgehead atoms. The Bertz CT molecular complexity index is 886. The van der Waals surface area contributed by atoms with Crippen molar-refractivity contribution < 1.29 is 14.5 Å². The van der Waals surface area contributed by atoms with E-state index in [1.54, 1.807) is 24.1 Å². The van der Waals surface area contributed by atoms with Crippen LogP contribution in [0.3, 0.4) is 0 Å². The number of carbonyl (C=O) groups excluding carboxylic acids is 2. The largest absolute Gasteiger partial charge is 0.357 e. The summed E-state index contributed by atoms with van der Waals surface area (Å²) < 4.78 is 0. The van der Waals surface area contributed by atoms with Gasteiger partial charge < -0.3 is 10.2 Å². The zero-order valence-corrected chi connectivity index (χ0v) is 18.3. The maximum absolute atomic E-state index is 13.0. The number of aryl methyl sites for hydroxylation is 1. The molecule has 0 aliphatic carbocycles. The van der Waals surface area contributed by atoms with Gasteiger partial charge in [0, 0.05) is 31.5 Å². The minimum absolute atomic E-state index is 0.0421. The number of nitro benzene ring substituents is 1. The molecule has 2 aromatic carbocycles. The second-order valence-corrected chi connectivity index (χ2v) is 7.95. The molecular weight excluding hydrogens is 402 g/mol. The average molecular weight is 430 g/mol. The van der Waals surface area contributed by atoms with E-state index in [1.165, 1.54) is 23.9 Å². The summed E-state index contributed by atoms with van der Waals surface area (Å²) in [6, 6.07) is 13.7. The number of nitrogens with one attached hydrogen (secondary N) is 1. The van der Waals surface area contributed by atoms with Gasteiger partial charge >= 0.3 is 0 Å². The molecular formula is C22H27N3O4S. The van der Waals surface area contributed by atoms with Gasteiger partial charge in [-0.1, -0.05) is 48.9 Å². The van der Waals surface area contributed by atoms with Gasteiger partial charge in [0.25, 0.3) is 5.69 Å². The summed E-state index contributed by atoms with van der Waals surface area (Å²) >= 11 is 1.43. The molecule has 0 aromatic heterocycles. The van der Waals surface area contributed by atoms with E-state index in [4.69, 9.17) is 0 Å². The van der Waals surface area contributed by atoms with Crippen LogP contribution in [0.5, 0.6) is 0 Å². The van der Waals surface area contributed by atoms with E-state index in [1.807, 2.05) is 38.1 Å². The van der Waals surface area contributed by atoms with Crippen LogP contribution in [-0.4, -0.2) is 40.5 Å². The number of rotatable bonds is 10. The number of thioether (sulfide) groups is 1. The van der Waals surface area contributed by atoms with Crippen molar-refractivity contribution in [1.29, 1.82) is 0 Å². The predicted octanol–water partition coefficient (Wildman–Crippen LogP) is 3.69. The fraction of sp³-hybridized carbons (Fsp3) is 0.364. The molecule has 0 saturated carbocycles. The van der Waals surface area contributed by atoms with Crippen LogP contribution in [0.2, 0.25) is 0 Å². The highest BCUT2D eigenvalue weighted by Crippen LogP contribution is 2.19. The number of carbonyl (C=O) groups is 2. The highest BCUT2D eigenvalue weighted by molar-refractivity contribution is 7.99. The van der Waals surface area contributed by atoms with Crippen molar-refractivity contribution in [1.82, 2.24) is 10.2 Å². The van der Waals surface area contributed by atoms with Crippen LogP contribution in [0.25, 0.3) is 0 Å². The van der Waals surface area contributed by atoms with Gasteiger partial charge in [0.15, 0.2) is 0 Å². The molecule has 8 heteroatoms. The number of nitrogens with zero attached hydrogens (tertiary/aromatic N) is 2. The monoisotopic (exact) mass is 429 g/mol. The van der Waals surface area contributed by atoms with E-state index in [9.17, 15) is 19.7 Å². The van der Waals surface area contributed by atoms with Crippen LogP contribution in [0, 0.1) is 17.0 Å². The molecule has 160 valence electrons. The second kappa shape index (κ2) is 11.3. The summed E-state index contributed by atoms with van der Waals surface area (Å²) in [5.41, 5.74) is 3.02. The minimum atomic E-state index is -0.539. The SMILES string of the molecule is CC[C@@H](C(=O)NC)N(Cc1cccc(C)c1)C(=O)CSCc1ccc([N+](=O)[O-])cc1. The lowest BCUT2D eigenvalue weighted by atomic mass is 10.1. The summed E-state index contributed by atoms with van der Waals surface area (Å²) in [4.78, 5) is 37.3. The first kappa shape index (κ1) is 23.4. The smallest absolute Gasteiger partial charge is 0.269 e. The zero-order valence-electron chi connectivity index (χ0n) is 17.5. The maximum atomic E-state index is 13.0. The Labute approximate surface area is 181 Å². The Kier molecular flexibility index (Phi) is 8.86. The standard InChI is InChI=1S/C22H27N3O4S/c1-4-20(22(27)23-3)24(13-18-7-5-6-16(2)12-18)21(26)15-30-14-17-8-10-19(11-9-17)25(28)29/h5-12,20H,4,13-15H2,1-3H3,(H,23,27)/t20-/m0/s1. The maximum Gasteiger partial charge on any atom is 0.269 e. The van der Waals surface area contributed by atoms with Crippen LogP contribution < -0.4 is 5.32 Å². The minimum Gasteiger partial charge on any atom is -0.357 e. The van der Waals surface area contributed by atoms with Crippen molar-refractivity contribution in [3.63, 3.8) is 0 Å². The fourth-order valence-corrected chi connectivity index (χ4v) is 4.02. The van der Waals surface area contributed by atoms with E-state index in [0.29, 0.717) is 18.7 Å². The van der Waals surface area contributed by atoms with Crippen LogP contribution >= 0.6 is 11.8 Å². The highest BCUT2D eigenvalue weighted by Gasteiger charge is 2.27. The summed E-state index contributed by atoms with van der Waals surface area (Å²) in [7, 11) is 1.57. The lowest BCUT2D eigenvalue weighted by molar-refractivity contribution is -0.384. The van der Waals surface area contributed by atoms with Crippen molar-refractivity contribution in [2.45, 2.75) is 38.6 Å². The van der Waals surface area contributed by atoms with Crippen LogP contribution in [0.15, 0.2) is 48.5 Å². The molecule has 0 radical (unpaired) electrons. The molecule has 0 aliphatic heterocycles. The van der Waals surface area contributed by atoms with E-state index in [2.05, 4.69) is 5.32 Å². The molecule has 0 unspecified atom stereocenters. The van der Waals surface area contributed by atoms with Crippen LogP contribution in [0.1, 0.15) is 30.0 Å². The first-order valence-corrected chi connectivity index (χ1v) is 10.9. The Morgan fingerprint density at radius 2 is 1.87 bits per heavy atom. The van der Waals surface area contributed by atoms with E-state index in [0.717, 1.165) is 16.7 Å². The third-order valence-corrected chi connectivity index (χ3v) is 5.70. The molecule has 0 saturated heterocycles. The molecule has 1 N–H and O–H groups in total. The normalized spacial score (nSPS) is 11.6. The van der Waals surface area contributed by atoms with Gasteiger partial charge in [-0.2, -0.15) is 0 Å². The summed E-state index contributed by atoms with van der Waals surface area (Å²) in [5, 5.41) is 13.4. The first-order valence-electron chi connectivity index (χ1n) is 9.73. The van der Waals surface area contributed by atoms with Gasteiger partial charge in [0.05, 0.1) is 10.7 Å². The molecule has 2 aromatic rings. The van der Waals surface area contributed by atoms with Gasteiger partial charge in [-0.15, -0.1) is 11.8 Å². The van der Waals surface area contributed by atoms with Crippen molar-refractivity contribution in [2.75, 3.05) is 12.8 Å². The molecule has 30 heavy (non-hydrogen) atoms. The number of likely N-dealkylation sites (N-methyl/N-ethyl adjacent to an activating group) is 1. The zero-order chi connectivity index (χ0) is 22.1. The topological polar surface area (TPSA) is 92.6 Å². The number of benzene rings is 2. The summed E-state index contributed by atoms with van der Waals surface area (Å²) in [6.07, 6.45) is 0.518. The second-order valence-electron chi connectivity index (χ2n) is 6.97. The Morgan fingerprint density at radius 1 is 1.17 bits per heavy atom. The van der Waals surface area contributed by atoms with Crippen molar-refractivity contribution in [3.8, 4) is 0 Å². The quantitative estimate of drug-likeness (QED) is 0.459. The molecule has 0 fully saturated rings. The first-order chi connectivity index (χ1) is 14.3. The third kappa shape index (κ3) is 6.59. The molecule has 2 rings (SSSR count). The molecule has 2 amide bonds. The Morgan fingerprint density at radius 3 is 2.43 bits per heavy atom. The predicted molar refractivity (Wildman–Crippen MR) is 119 cm³/mol. The van der Waals surface area contributed by atoms with Gasteiger partial charge in [-0.3, -0.25) is 19.7 Å². The van der Waals surface area contributed by atoms with Gasteiger partial charge in [-0.25, -0.2) is 0 Å². The lowest BCUT2D eigenvalue weighted by Crippen LogP contribution is -2.48. The fourth-order valence-electron chi connectivity index (χ4n) is 3.15. The average Bonchev–Trinajstić information content (AvgIpc) is 2.73. The van der Waals surface area contributed by atoms with E-state index < -0.39 is 11.0 Å². The van der Waals surface area contributed by atoms with Gasteiger partial charge in [-0.05, 0) is 24.5 Å². The summed E-state index contributed by atoms with van der Waals surface area (Å²) in [5.74, 6) is 0.479. The number of non-ortho nitro benzene ring substituents is 1. The highest BCUT2D eigenvalue weighted by atomic mass is 32.2. The molecule has 0 spiro atoms. The lowest BCUT2D eigenvalue weighted by Gasteiger charge is -2.30. The van der Waals surface area contributed by atoms with E-state index in [-0.39, 0.29) is 23.3 Å². The Balaban J connectivity index is 2.07. The third-order valence-electron chi connectivity index (χ3n) is 4.71. The number of nitro groups is 1. The van der Waals surface area contributed by atoms with Gasteiger partial charge in [0.2, 0.25) is 11.8 Å². The van der Waals surface area contributed by atoms with Crippen LogP contribution in [0.4, 0.5) is 5.69 Å². The van der Waals surface area contributed by atoms with Crippen molar-refractivity contribution in [3.05, 3.63) is 75.3 Å². The van der Waals surface area contributed by atoms with Gasteiger partial charge in [0.1, 0.15) is 6.04 Å². The number of hydrogen-bond acceptors (Lipinski definition) is 5.